The summed E-state index contributed by atoms with van der Waals surface area (Å²) in [5.41, 5.74) is 1.65. The molecule has 2 aromatic rings. The maximum absolute atomic E-state index is 13.6. The van der Waals surface area contributed by atoms with Crippen molar-refractivity contribution < 1.29 is 4.39 Å². The quantitative estimate of drug-likeness (QED) is 0.907. The molecule has 1 heterocycles. The van der Waals surface area contributed by atoms with Gasteiger partial charge in [-0.15, -0.1) is 0 Å². The molecule has 0 saturated carbocycles. The van der Waals surface area contributed by atoms with E-state index in [-0.39, 0.29) is 5.82 Å². The van der Waals surface area contributed by atoms with Gasteiger partial charge in [-0.1, -0.05) is 17.7 Å². The molecule has 0 aliphatic carbocycles. The summed E-state index contributed by atoms with van der Waals surface area (Å²) in [6.07, 6.45) is 3.66. The molecule has 0 amide bonds. The molecule has 3 nitrogen and oxygen atoms in total. The van der Waals surface area contributed by atoms with E-state index in [9.17, 15) is 4.39 Å². The van der Waals surface area contributed by atoms with Gasteiger partial charge < -0.3 is 5.32 Å². The van der Waals surface area contributed by atoms with Crippen LogP contribution in [-0.2, 0) is 13.1 Å². The largest absolute Gasteiger partial charge is 0.316 e. The Kier molecular flexibility index (Phi) is 3.76. The number of benzene rings is 1. The van der Waals surface area contributed by atoms with Crippen molar-refractivity contribution in [1.82, 2.24) is 15.1 Å². The number of nitrogens with one attached hydrogen (secondary N) is 1. The summed E-state index contributed by atoms with van der Waals surface area (Å²) >= 11 is 5.69. The van der Waals surface area contributed by atoms with Gasteiger partial charge >= 0.3 is 0 Å². The molecule has 0 radical (unpaired) electrons. The van der Waals surface area contributed by atoms with Crippen molar-refractivity contribution in [3.8, 4) is 0 Å². The Morgan fingerprint density at radius 3 is 3.00 bits per heavy atom. The van der Waals surface area contributed by atoms with Crippen molar-refractivity contribution in [2.75, 3.05) is 7.05 Å². The molecule has 17 heavy (non-hydrogen) atoms. The summed E-state index contributed by atoms with van der Waals surface area (Å²) in [4.78, 5) is 0. The van der Waals surface area contributed by atoms with Gasteiger partial charge in [-0.3, -0.25) is 4.68 Å². The maximum atomic E-state index is 13.6. The monoisotopic (exact) mass is 253 g/mol. The van der Waals surface area contributed by atoms with Gasteiger partial charge in [0.25, 0.3) is 0 Å². The summed E-state index contributed by atoms with van der Waals surface area (Å²) in [5.74, 6) is -0.303. The van der Waals surface area contributed by atoms with Gasteiger partial charge in [0.05, 0.1) is 12.7 Å². The highest BCUT2D eigenvalue weighted by Gasteiger charge is 2.05. The molecule has 0 aliphatic rings. The first-order chi connectivity index (χ1) is 8.19. The average molecular weight is 254 g/mol. The van der Waals surface area contributed by atoms with Crippen molar-refractivity contribution in [2.24, 2.45) is 0 Å². The Hall–Kier alpha value is -1.39. The molecule has 90 valence electrons. The van der Waals surface area contributed by atoms with Crippen LogP contribution in [0, 0.1) is 5.82 Å². The molecule has 1 aromatic heterocycles. The molecule has 0 atom stereocenters. The van der Waals surface area contributed by atoms with Crippen LogP contribution in [0.5, 0.6) is 0 Å². The second-order valence-corrected chi connectivity index (χ2v) is 4.25. The Morgan fingerprint density at radius 2 is 2.29 bits per heavy atom. The zero-order chi connectivity index (χ0) is 12.3. The summed E-state index contributed by atoms with van der Waals surface area (Å²) in [7, 11) is 1.87. The van der Waals surface area contributed by atoms with Gasteiger partial charge in [0, 0.05) is 28.9 Å². The van der Waals surface area contributed by atoms with Crippen LogP contribution in [0.25, 0.3) is 0 Å². The third kappa shape index (κ3) is 3.05. The summed E-state index contributed by atoms with van der Waals surface area (Å²) in [6, 6.07) is 4.67. The Bertz CT molecular complexity index is 510. The number of nitrogens with zero attached hydrogens (tertiary/aromatic N) is 2. The topological polar surface area (TPSA) is 29.9 Å². The molecule has 5 heteroatoms. The highest BCUT2D eigenvalue weighted by molar-refractivity contribution is 6.30. The molecule has 0 fully saturated rings. The van der Waals surface area contributed by atoms with E-state index in [4.69, 9.17) is 11.6 Å². The smallest absolute Gasteiger partial charge is 0.129 e. The van der Waals surface area contributed by atoms with Crippen LogP contribution in [0.1, 0.15) is 11.1 Å². The van der Waals surface area contributed by atoms with Crippen LogP contribution in [0.3, 0.4) is 0 Å². The number of halogens is 2. The number of hydrogen-bond donors (Lipinski definition) is 1. The highest BCUT2D eigenvalue weighted by Crippen LogP contribution is 2.15. The molecule has 0 spiro atoms. The van der Waals surface area contributed by atoms with Gasteiger partial charge in [-0.05, 0) is 19.2 Å². The minimum Gasteiger partial charge on any atom is -0.316 e. The van der Waals surface area contributed by atoms with E-state index >= 15 is 0 Å². The van der Waals surface area contributed by atoms with Crippen LogP contribution < -0.4 is 5.32 Å². The minimum atomic E-state index is -0.303. The molecule has 2 rings (SSSR count). The zero-order valence-corrected chi connectivity index (χ0v) is 10.2. The number of hydrogen-bond acceptors (Lipinski definition) is 2. The maximum Gasteiger partial charge on any atom is 0.129 e. The number of rotatable bonds is 4. The van der Waals surface area contributed by atoms with E-state index in [1.807, 2.05) is 13.2 Å². The first-order valence-electron chi connectivity index (χ1n) is 5.29. The second kappa shape index (κ2) is 5.29. The molecule has 0 bridgehead atoms. The lowest BCUT2D eigenvalue weighted by Gasteiger charge is -2.03. The van der Waals surface area contributed by atoms with Gasteiger partial charge in [-0.2, -0.15) is 5.10 Å². The SMILES string of the molecule is CNCc1cnn(Cc2ccc(Cl)cc2F)c1. The van der Waals surface area contributed by atoms with Crippen molar-refractivity contribution in [2.45, 2.75) is 13.1 Å². The lowest BCUT2D eigenvalue weighted by atomic mass is 10.2. The van der Waals surface area contributed by atoms with E-state index in [0.29, 0.717) is 17.1 Å². The predicted octanol–water partition coefficient (Wildman–Crippen LogP) is 2.44. The summed E-state index contributed by atoms with van der Waals surface area (Å²) < 4.78 is 15.3. The van der Waals surface area contributed by atoms with Crippen molar-refractivity contribution in [3.05, 3.63) is 52.6 Å². The summed E-state index contributed by atoms with van der Waals surface area (Å²) in [6.45, 7) is 1.16. The molecule has 1 N–H and O–H groups in total. The van der Waals surface area contributed by atoms with Gasteiger partial charge in [0.2, 0.25) is 0 Å². The Labute approximate surface area is 104 Å². The van der Waals surface area contributed by atoms with Crippen molar-refractivity contribution in [3.63, 3.8) is 0 Å². The van der Waals surface area contributed by atoms with Crippen molar-refractivity contribution >= 4 is 11.6 Å². The molecular formula is C12H13ClFN3. The number of aromatic nitrogens is 2. The second-order valence-electron chi connectivity index (χ2n) is 3.81. The highest BCUT2D eigenvalue weighted by atomic mass is 35.5. The lowest BCUT2D eigenvalue weighted by Crippen LogP contribution is -2.04. The first kappa shape index (κ1) is 12.1. The standard InChI is InChI=1S/C12H13ClFN3/c1-15-5-9-6-16-17(7-9)8-10-2-3-11(13)4-12(10)14/h2-4,6-7,15H,5,8H2,1H3. The molecule has 0 saturated heterocycles. The van der Waals surface area contributed by atoms with E-state index in [1.165, 1.54) is 6.07 Å². The van der Waals surface area contributed by atoms with Gasteiger partial charge in [0.1, 0.15) is 5.82 Å². The van der Waals surface area contributed by atoms with Crippen molar-refractivity contribution in [1.29, 1.82) is 0 Å². The lowest BCUT2D eigenvalue weighted by molar-refractivity contribution is 0.585. The van der Waals surface area contributed by atoms with Gasteiger partial charge in [-0.25, -0.2) is 4.39 Å². The Morgan fingerprint density at radius 1 is 1.47 bits per heavy atom. The first-order valence-corrected chi connectivity index (χ1v) is 5.66. The fourth-order valence-electron chi connectivity index (χ4n) is 1.61. The van der Waals surface area contributed by atoms with Crippen LogP contribution >= 0.6 is 11.6 Å². The minimum absolute atomic E-state index is 0.303. The van der Waals surface area contributed by atoms with Crippen LogP contribution in [0.4, 0.5) is 4.39 Å². The van der Waals surface area contributed by atoms with E-state index in [0.717, 1.165) is 12.1 Å². The summed E-state index contributed by atoms with van der Waals surface area (Å²) in [5, 5.41) is 7.61. The zero-order valence-electron chi connectivity index (χ0n) is 9.45. The Balaban J connectivity index is 2.13. The molecule has 0 aliphatic heterocycles. The third-order valence-corrected chi connectivity index (χ3v) is 2.65. The van der Waals surface area contributed by atoms with Crippen LogP contribution in [0.2, 0.25) is 5.02 Å². The van der Waals surface area contributed by atoms with E-state index < -0.39 is 0 Å². The van der Waals surface area contributed by atoms with Crippen LogP contribution in [-0.4, -0.2) is 16.8 Å². The molecular weight excluding hydrogens is 241 g/mol. The van der Waals surface area contributed by atoms with E-state index in [1.54, 1.807) is 23.0 Å². The van der Waals surface area contributed by atoms with E-state index in [2.05, 4.69) is 10.4 Å². The fourth-order valence-corrected chi connectivity index (χ4v) is 1.77. The normalized spacial score (nSPS) is 10.8. The molecule has 1 aromatic carbocycles. The predicted molar refractivity (Wildman–Crippen MR) is 65.5 cm³/mol. The average Bonchev–Trinajstić information content (AvgIpc) is 2.71. The van der Waals surface area contributed by atoms with Crippen LogP contribution in [0.15, 0.2) is 30.6 Å². The molecule has 0 unspecified atom stereocenters. The third-order valence-electron chi connectivity index (χ3n) is 2.42. The van der Waals surface area contributed by atoms with Gasteiger partial charge in [0.15, 0.2) is 0 Å². The fraction of sp³-hybridized carbons (Fsp3) is 0.250.